The number of hydrogen-bond acceptors (Lipinski definition) is 3. The van der Waals surface area contributed by atoms with Crippen LogP contribution in [0.1, 0.15) is 18.9 Å². The number of aryl methyl sites for hydroxylation is 1. The summed E-state index contributed by atoms with van der Waals surface area (Å²) in [4.78, 5) is 25.1. The second kappa shape index (κ2) is 8.64. The molecule has 0 spiro atoms. The van der Waals surface area contributed by atoms with Gasteiger partial charge in [0.05, 0.1) is 0 Å². The second-order valence-corrected chi connectivity index (χ2v) is 5.17. The van der Waals surface area contributed by atoms with Gasteiger partial charge in [-0.25, -0.2) is 0 Å². The third kappa shape index (κ3) is 5.73. The number of nitrogens with zero attached hydrogens (tertiary/aromatic N) is 1. The Morgan fingerprint density at radius 1 is 1.38 bits per heavy atom. The number of rotatable bonds is 7. The van der Waals surface area contributed by atoms with Crippen molar-refractivity contribution in [3.8, 4) is 0 Å². The Labute approximate surface area is 130 Å². The van der Waals surface area contributed by atoms with Crippen LogP contribution in [0.2, 0.25) is 5.02 Å². The topological polar surface area (TPSA) is 58.6 Å². The third-order valence-corrected chi connectivity index (χ3v) is 3.23. The first-order chi connectivity index (χ1) is 9.95. The molecule has 116 valence electrons. The van der Waals surface area contributed by atoms with E-state index >= 15 is 0 Å². The zero-order chi connectivity index (χ0) is 15.8. The Bertz CT molecular complexity index is 506. The fourth-order valence-electron chi connectivity index (χ4n) is 1.88. The van der Waals surface area contributed by atoms with Gasteiger partial charge in [-0.2, -0.15) is 0 Å². The van der Waals surface area contributed by atoms with Crippen molar-refractivity contribution in [2.45, 2.75) is 20.3 Å². The Kier molecular flexibility index (Phi) is 7.19. The summed E-state index contributed by atoms with van der Waals surface area (Å²) in [6, 6.07) is 5.27. The highest BCUT2D eigenvalue weighted by atomic mass is 35.5. The smallest absolute Gasteiger partial charge is 0.240 e. The summed E-state index contributed by atoms with van der Waals surface area (Å²) < 4.78 is 4.91. The minimum Gasteiger partial charge on any atom is -0.385 e. The zero-order valence-electron chi connectivity index (χ0n) is 12.6. The molecule has 1 aromatic rings. The van der Waals surface area contributed by atoms with Crippen LogP contribution < -0.4 is 10.2 Å². The number of methoxy groups -OCH3 is 1. The van der Waals surface area contributed by atoms with Crippen LogP contribution >= 0.6 is 11.6 Å². The molecule has 0 radical (unpaired) electrons. The molecule has 0 atom stereocenters. The van der Waals surface area contributed by atoms with Crippen LogP contribution in [0, 0.1) is 6.92 Å². The number of amides is 2. The number of hydrogen-bond donors (Lipinski definition) is 1. The first-order valence-corrected chi connectivity index (χ1v) is 7.13. The fourth-order valence-corrected chi connectivity index (χ4v) is 2.05. The van der Waals surface area contributed by atoms with Crippen molar-refractivity contribution < 1.29 is 14.3 Å². The van der Waals surface area contributed by atoms with Gasteiger partial charge in [-0.15, -0.1) is 0 Å². The maximum absolute atomic E-state index is 11.9. The molecule has 0 saturated carbocycles. The second-order valence-electron chi connectivity index (χ2n) is 4.73. The van der Waals surface area contributed by atoms with E-state index in [0.717, 1.165) is 12.0 Å². The van der Waals surface area contributed by atoms with E-state index in [-0.39, 0.29) is 18.4 Å². The number of nitrogens with one attached hydrogen (secondary N) is 1. The molecule has 6 heteroatoms. The monoisotopic (exact) mass is 312 g/mol. The Morgan fingerprint density at radius 3 is 2.71 bits per heavy atom. The van der Waals surface area contributed by atoms with E-state index in [1.807, 2.05) is 13.0 Å². The predicted octanol–water partition coefficient (Wildman–Crippen LogP) is 2.15. The molecule has 0 fully saturated rings. The van der Waals surface area contributed by atoms with Gasteiger partial charge in [0, 0.05) is 37.9 Å². The van der Waals surface area contributed by atoms with Crippen LogP contribution in [0.25, 0.3) is 0 Å². The molecule has 0 aliphatic rings. The van der Waals surface area contributed by atoms with Crippen LogP contribution in [0.5, 0.6) is 0 Å². The molecule has 0 aromatic heterocycles. The first kappa shape index (κ1) is 17.5. The average molecular weight is 313 g/mol. The summed E-state index contributed by atoms with van der Waals surface area (Å²) in [5.74, 6) is -0.409. The molecule has 1 rings (SSSR count). The molecule has 0 bridgehead atoms. The summed E-state index contributed by atoms with van der Waals surface area (Å²) in [6.07, 6.45) is 0.735. The molecular weight excluding hydrogens is 292 g/mol. The molecule has 1 N–H and O–H groups in total. The van der Waals surface area contributed by atoms with Gasteiger partial charge >= 0.3 is 0 Å². The van der Waals surface area contributed by atoms with Crippen molar-refractivity contribution in [3.05, 3.63) is 28.8 Å². The number of ether oxygens (including phenoxy) is 1. The van der Waals surface area contributed by atoms with Gasteiger partial charge in [0.25, 0.3) is 0 Å². The summed E-state index contributed by atoms with van der Waals surface area (Å²) in [5.41, 5.74) is 1.55. The van der Waals surface area contributed by atoms with E-state index in [1.165, 1.54) is 11.8 Å². The maximum Gasteiger partial charge on any atom is 0.240 e. The van der Waals surface area contributed by atoms with Gasteiger partial charge in [-0.05, 0) is 31.0 Å². The van der Waals surface area contributed by atoms with Crippen molar-refractivity contribution in [1.82, 2.24) is 5.32 Å². The highest BCUT2D eigenvalue weighted by Gasteiger charge is 2.17. The van der Waals surface area contributed by atoms with Crippen molar-refractivity contribution in [3.63, 3.8) is 0 Å². The van der Waals surface area contributed by atoms with E-state index in [2.05, 4.69) is 5.32 Å². The SMILES string of the molecule is COCCCNC(=O)CN(C(C)=O)c1cc(Cl)ccc1C. The molecule has 0 saturated heterocycles. The van der Waals surface area contributed by atoms with Crippen molar-refractivity contribution in [2.24, 2.45) is 0 Å². The van der Waals surface area contributed by atoms with E-state index in [0.29, 0.717) is 23.9 Å². The minimum absolute atomic E-state index is 0.0243. The third-order valence-electron chi connectivity index (χ3n) is 2.99. The van der Waals surface area contributed by atoms with Gasteiger partial charge in [-0.3, -0.25) is 9.59 Å². The van der Waals surface area contributed by atoms with Crippen LogP contribution in [-0.2, 0) is 14.3 Å². The highest BCUT2D eigenvalue weighted by molar-refractivity contribution is 6.31. The standard InChI is InChI=1S/C15H21ClN2O3/c1-11-5-6-13(16)9-14(11)18(12(2)19)10-15(20)17-7-4-8-21-3/h5-6,9H,4,7-8,10H2,1-3H3,(H,17,20). The summed E-state index contributed by atoms with van der Waals surface area (Å²) in [6.45, 7) is 4.39. The van der Waals surface area contributed by atoms with Crippen molar-refractivity contribution in [1.29, 1.82) is 0 Å². The molecule has 2 amide bonds. The van der Waals surface area contributed by atoms with Crippen LogP contribution in [-0.4, -0.2) is 38.6 Å². The molecule has 1 aromatic carbocycles. The van der Waals surface area contributed by atoms with Crippen LogP contribution in [0.15, 0.2) is 18.2 Å². The number of halogens is 1. The van der Waals surface area contributed by atoms with Crippen molar-refractivity contribution >= 4 is 29.1 Å². The largest absolute Gasteiger partial charge is 0.385 e. The van der Waals surface area contributed by atoms with E-state index in [9.17, 15) is 9.59 Å². The molecule has 5 nitrogen and oxygen atoms in total. The molecule has 0 heterocycles. The molecule has 0 aliphatic heterocycles. The normalized spacial score (nSPS) is 10.3. The quantitative estimate of drug-likeness (QED) is 0.785. The van der Waals surface area contributed by atoms with Gasteiger partial charge in [0.2, 0.25) is 11.8 Å². The van der Waals surface area contributed by atoms with Gasteiger partial charge in [0.15, 0.2) is 0 Å². The van der Waals surface area contributed by atoms with Crippen LogP contribution in [0.3, 0.4) is 0 Å². The predicted molar refractivity (Wildman–Crippen MR) is 83.7 cm³/mol. The molecule has 21 heavy (non-hydrogen) atoms. The number of carbonyl (C=O) groups excluding carboxylic acids is 2. The fraction of sp³-hybridized carbons (Fsp3) is 0.467. The lowest BCUT2D eigenvalue weighted by Gasteiger charge is -2.22. The zero-order valence-corrected chi connectivity index (χ0v) is 13.4. The Hall–Kier alpha value is -1.59. The lowest BCUT2D eigenvalue weighted by Crippen LogP contribution is -2.40. The van der Waals surface area contributed by atoms with Gasteiger partial charge in [-0.1, -0.05) is 17.7 Å². The van der Waals surface area contributed by atoms with Crippen LogP contribution in [0.4, 0.5) is 5.69 Å². The average Bonchev–Trinajstić information content (AvgIpc) is 2.43. The van der Waals surface area contributed by atoms with Crippen molar-refractivity contribution in [2.75, 3.05) is 31.7 Å². The molecular formula is C15H21ClN2O3. The van der Waals surface area contributed by atoms with E-state index in [1.54, 1.807) is 19.2 Å². The van der Waals surface area contributed by atoms with E-state index in [4.69, 9.17) is 16.3 Å². The Morgan fingerprint density at radius 2 is 2.10 bits per heavy atom. The molecule has 0 aliphatic carbocycles. The summed E-state index contributed by atoms with van der Waals surface area (Å²) in [7, 11) is 1.61. The van der Waals surface area contributed by atoms with Gasteiger partial charge < -0.3 is 15.0 Å². The Balaban J connectivity index is 2.72. The maximum atomic E-state index is 11.9. The number of anilines is 1. The van der Waals surface area contributed by atoms with E-state index < -0.39 is 0 Å². The van der Waals surface area contributed by atoms with Gasteiger partial charge in [0.1, 0.15) is 6.54 Å². The summed E-state index contributed by atoms with van der Waals surface area (Å²) in [5, 5.41) is 3.29. The highest BCUT2D eigenvalue weighted by Crippen LogP contribution is 2.24. The lowest BCUT2D eigenvalue weighted by atomic mass is 10.1. The summed E-state index contributed by atoms with van der Waals surface area (Å²) >= 11 is 5.97. The minimum atomic E-state index is -0.208. The lowest BCUT2D eigenvalue weighted by molar-refractivity contribution is -0.123. The first-order valence-electron chi connectivity index (χ1n) is 6.75. The molecule has 0 unspecified atom stereocenters. The number of benzene rings is 1. The number of carbonyl (C=O) groups is 2.